The molecule has 0 radical (unpaired) electrons. The van der Waals surface area contributed by atoms with E-state index in [1.807, 2.05) is 37.8 Å². The van der Waals surface area contributed by atoms with E-state index in [-0.39, 0.29) is 35.7 Å². The molecule has 4 aliphatic heterocycles. The number of hydrogen-bond acceptors (Lipinski definition) is 6. The van der Waals surface area contributed by atoms with Gasteiger partial charge in [-0.1, -0.05) is 0 Å². The first-order valence-corrected chi connectivity index (χ1v) is 13.0. The number of piperidine rings is 3. The van der Waals surface area contributed by atoms with Crippen molar-refractivity contribution in [1.29, 1.82) is 0 Å². The van der Waals surface area contributed by atoms with Crippen LogP contribution < -0.4 is 10.2 Å². The van der Waals surface area contributed by atoms with Crippen LogP contribution in [-0.4, -0.2) is 71.4 Å². The number of rotatable bonds is 2. The number of carbonyl (C=O) groups is 4. The van der Waals surface area contributed by atoms with Crippen molar-refractivity contribution in [2.75, 3.05) is 31.1 Å². The van der Waals surface area contributed by atoms with E-state index in [9.17, 15) is 19.2 Å². The summed E-state index contributed by atoms with van der Waals surface area (Å²) in [7, 11) is 0. The molecule has 1 aromatic rings. The van der Waals surface area contributed by atoms with Crippen LogP contribution in [0, 0.1) is 5.41 Å². The molecule has 0 aromatic heterocycles. The average molecular weight is 497 g/mol. The molecule has 0 bridgehead atoms. The smallest absolute Gasteiger partial charge is 0.410 e. The molecule has 4 aliphatic rings. The van der Waals surface area contributed by atoms with Gasteiger partial charge in [-0.2, -0.15) is 0 Å². The quantitative estimate of drug-likeness (QED) is 0.632. The van der Waals surface area contributed by atoms with Crippen LogP contribution in [0.3, 0.4) is 0 Å². The molecule has 9 nitrogen and oxygen atoms in total. The van der Waals surface area contributed by atoms with Crippen LogP contribution in [0.5, 0.6) is 0 Å². The summed E-state index contributed by atoms with van der Waals surface area (Å²) < 4.78 is 5.54. The molecule has 0 saturated carbocycles. The zero-order chi connectivity index (χ0) is 25.7. The number of benzene rings is 1. The minimum absolute atomic E-state index is 0.139. The SMILES string of the molecule is CC(C)(C)OC(=O)N1CCC2(CC1)CCN(c1ccc3c(c1)CN([C@@H]1CCC(=O)NC1=O)C3=O)CC2. The minimum atomic E-state index is -0.590. The largest absolute Gasteiger partial charge is 0.444 e. The number of likely N-dealkylation sites (tertiary alicyclic amines) is 1. The van der Waals surface area contributed by atoms with E-state index < -0.39 is 11.6 Å². The van der Waals surface area contributed by atoms with Crippen molar-refractivity contribution < 1.29 is 23.9 Å². The third-order valence-electron chi connectivity index (χ3n) is 8.17. The lowest BCUT2D eigenvalue weighted by Gasteiger charge is -2.47. The Bertz CT molecular complexity index is 1080. The van der Waals surface area contributed by atoms with Gasteiger partial charge in [0.1, 0.15) is 11.6 Å². The standard InChI is InChI=1S/C27H36N4O5/c1-26(2,3)36-25(35)30-14-10-27(11-15-30)8-12-29(13-9-27)19-4-5-20-18(16-19)17-31(24(20)34)21-6-7-22(32)28-23(21)33/h4-5,16,21H,6-15,17H2,1-3H3,(H,28,32,33)/t21-/m1/s1. The van der Waals surface area contributed by atoms with Gasteiger partial charge in [0, 0.05) is 50.4 Å². The van der Waals surface area contributed by atoms with E-state index in [0.29, 0.717) is 18.5 Å². The van der Waals surface area contributed by atoms with Gasteiger partial charge in [0.05, 0.1) is 0 Å². The number of amides is 4. The monoisotopic (exact) mass is 496 g/mol. The number of imide groups is 1. The Labute approximate surface area is 212 Å². The molecule has 0 aliphatic carbocycles. The summed E-state index contributed by atoms with van der Waals surface area (Å²) in [6.07, 6.45) is 4.57. The molecule has 1 N–H and O–H groups in total. The van der Waals surface area contributed by atoms with Crippen molar-refractivity contribution in [2.45, 2.75) is 77.5 Å². The minimum Gasteiger partial charge on any atom is -0.444 e. The molecule has 9 heteroatoms. The number of nitrogens with one attached hydrogen (secondary N) is 1. The first-order chi connectivity index (χ1) is 17.0. The van der Waals surface area contributed by atoms with Gasteiger partial charge in [-0.25, -0.2) is 4.79 Å². The van der Waals surface area contributed by atoms with Crippen LogP contribution in [0.4, 0.5) is 10.5 Å². The zero-order valence-electron chi connectivity index (χ0n) is 21.5. The Morgan fingerprint density at radius 1 is 1.03 bits per heavy atom. The summed E-state index contributed by atoms with van der Waals surface area (Å²) in [5.74, 6) is -0.798. The van der Waals surface area contributed by atoms with Gasteiger partial charge in [-0.05, 0) is 82.1 Å². The first-order valence-electron chi connectivity index (χ1n) is 13.0. The Morgan fingerprint density at radius 2 is 1.69 bits per heavy atom. The average Bonchev–Trinajstić information content (AvgIpc) is 3.14. The normalized spacial score (nSPS) is 24.1. The van der Waals surface area contributed by atoms with E-state index in [4.69, 9.17) is 4.74 Å². The van der Waals surface area contributed by atoms with Gasteiger partial charge in [-0.15, -0.1) is 0 Å². The number of nitrogens with zero attached hydrogens (tertiary/aromatic N) is 3. The fourth-order valence-corrected chi connectivity index (χ4v) is 5.99. The van der Waals surface area contributed by atoms with Crippen molar-refractivity contribution in [2.24, 2.45) is 5.41 Å². The molecule has 3 saturated heterocycles. The topological polar surface area (TPSA) is 99.3 Å². The van der Waals surface area contributed by atoms with E-state index >= 15 is 0 Å². The number of fused-ring (bicyclic) bond motifs is 1. The number of anilines is 1. The van der Waals surface area contributed by atoms with E-state index in [2.05, 4.69) is 16.3 Å². The summed E-state index contributed by atoms with van der Waals surface area (Å²) in [6.45, 7) is 9.45. The molecule has 4 heterocycles. The summed E-state index contributed by atoms with van der Waals surface area (Å²) in [5.41, 5.74) is 2.48. The van der Waals surface area contributed by atoms with Gasteiger partial charge in [-0.3, -0.25) is 19.7 Å². The molecule has 1 spiro atoms. The zero-order valence-corrected chi connectivity index (χ0v) is 21.5. The lowest BCUT2D eigenvalue weighted by atomic mass is 9.71. The summed E-state index contributed by atoms with van der Waals surface area (Å²) in [4.78, 5) is 55.0. The van der Waals surface area contributed by atoms with Gasteiger partial charge in [0.2, 0.25) is 11.8 Å². The second-order valence-corrected chi connectivity index (χ2v) is 11.7. The molecule has 0 unspecified atom stereocenters. The highest BCUT2D eigenvalue weighted by molar-refractivity contribution is 6.05. The molecule has 3 fully saturated rings. The Balaban J connectivity index is 1.18. The van der Waals surface area contributed by atoms with Gasteiger partial charge >= 0.3 is 6.09 Å². The molecule has 36 heavy (non-hydrogen) atoms. The number of ether oxygens (including phenoxy) is 1. The Kier molecular flexibility index (Phi) is 6.21. The maximum atomic E-state index is 13.0. The van der Waals surface area contributed by atoms with Crippen molar-refractivity contribution >= 4 is 29.5 Å². The van der Waals surface area contributed by atoms with Crippen molar-refractivity contribution in [3.8, 4) is 0 Å². The highest BCUT2D eigenvalue weighted by atomic mass is 16.6. The maximum Gasteiger partial charge on any atom is 0.410 e. The summed E-state index contributed by atoms with van der Waals surface area (Å²) >= 11 is 0. The molecule has 194 valence electrons. The fourth-order valence-electron chi connectivity index (χ4n) is 5.99. The van der Waals surface area contributed by atoms with Crippen LogP contribution in [0.15, 0.2) is 18.2 Å². The van der Waals surface area contributed by atoms with Crippen LogP contribution in [0.25, 0.3) is 0 Å². The third-order valence-corrected chi connectivity index (χ3v) is 8.17. The van der Waals surface area contributed by atoms with Gasteiger partial charge in [0.25, 0.3) is 5.91 Å². The van der Waals surface area contributed by atoms with Crippen LogP contribution in [0.2, 0.25) is 0 Å². The molecule has 4 amide bonds. The second-order valence-electron chi connectivity index (χ2n) is 11.7. The fraction of sp³-hybridized carbons (Fsp3) is 0.630. The van der Waals surface area contributed by atoms with Crippen LogP contribution >= 0.6 is 0 Å². The molecule has 1 aromatic carbocycles. The maximum absolute atomic E-state index is 13.0. The molecule has 5 rings (SSSR count). The lowest BCUT2D eigenvalue weighted by Crippen LogP contribution is -2.52. The van der Waals surface area contributed by atoms with Gasteiger partial charge in [0.15, 0.2) is 0 Å². The summed E-state index contributed by atoms with van der Waals surface area (Å²) in [5, 5.41) is 2.35. The van der Waals surface area contributed by atoms with Crippen molar-refractivity contribution in [3.63, 3.8) is 0 Å². The summed E-state index contributed by atoms with van der Waals surface area (Å²) in [6, 6.07) is 5.38. The van der Waals surface area contributed by atoms with Crippen molar-refractivity contribution in [1.82, 2.24) is 15.1 Å². The third kappa shape index (κ3) is 4.80. The molecular weight excluding hydrogens is 460 g/mol. The van der Waals surface area contributed by atoms with Crippen LogP contribution in [-0.2, 0) is 20.9 Å². The first kappa shape index (κ1) is 24.6. The predicted molar refractivity (Wildman–Crippen MR) is 133 cm³/mol. The van der Waals surface area contributed by atoms with E-state index in [0.717, 1.165) is 63.1 Å². The molecule has 1 atom stereocenters. The highest BCUT2D eigenvalue weighted by Gasteiger charge is 2.41. The second kappa shape index (κ2) is 9.09. The van der Waals surface area contributed by atoms with E-state index in [1.165, 1.54) is 0 Å². The van der Waals surface area contributed by atoms with Gasteiger partial charge < -0.3 is 19.4 Å². The molecular formula is C27H36N4O5. The predicted octanol–water partition coefficient (Wildman–Crippen LogP) is 3.07. The lowest BCUT2D eigenvalue weighted by molar-refractivity contribution is -0.136. The highest BCUT2D eigenvalue weighted by Crippen LogP contribution is 2.43. The Hall–Kier alpha value is -3.10. The Morgan fingerprint density at radius 3 is 2.33 bits per heavy atom. The van der Waals surface area contributed by atoms with Crippen LogP contribution in [0.1, 0.15) is 75.2 Å². The number of hydrogen-bond donors (Lipinski definition) is 1. The van der Waals surface area contributed by atoms with E-state index in [1.54, 1.807) is 4.90 Å². The number of carbonyl (C=O) groups excluding carboxylic acids is 4. The van der Waals surface area contributed by atoms with Crippen molar-refractivity contribution in [3.05, 3.63) is 29.3 Å².